The molecular weight excluding hydrogens is 199 g/mol. The number of halogens is 1. The Morgan fingerprint density at radius 2 is 2.00 bits per heavy atom. The number of carbonyl (C=O) groups is 2. The molecule has 2 aliphatic rings. The van der Waals surface area contributed by atoms with Crippen molar-refractivity contribution in [2.45, 2.75) is 13.8 Å². The van der Waals surface area contributed by atoms with Crippen LogP contribution in [0.25, 0.3) is 0 Å². The Morgan fingerprint density at radius 1 is 1.33 bits per heavy atom. The summed E-state index contributed by atoms with van der Waals surface area (Å²) in [5.41, 5.74) is 1.15. The maximum absolute atomic E-state index is 13.5. The second-order valence-electron chi connectivity index (χ2n) is 3.69. The van der Waals surface area contributed by atoms with Crippen LogP contribution in [0.3, 0.4) is 0 Å². The summed E-state index contributed by atoms with van der Waals surface area (Å²) in [6, 6.07) is 0. The summed E-state index contributed by atoms with van der Waals surface area (Å²) in [4.78, 5) is 22.6. The topological polar surface area (TPSA) is 43.4 Å². The van der Waals surface area contributed by atoms with Crippen molar-refractivity contribution in [2.75, 3.05) is 0 Å². The molecule has 1 atom stereocenters. The van der Waals surface area contributed by atoms with Crippen LogP contribution in [0.4, 0.5) is 4.39 Å². The van der Waals surface area contributed by atoms with Crippen LogP contribution in [0.1, 0.15) is 13.8 Å². The van der Waals surface area contributed by atoms with Crippen LogP contribution in [0.5, 0.6) is 0 Å². The predicted octanol–water partition coefficient (Wildman–Crippen LogP) is 1.82. The van der Waals surface area contributed by atoms with Crippen LogP contribution in [-0.2, 0) is 14.3 Å². The molecule has 1 fully saturated rings. The number of fused-ring (bicyclic) bond motifs is 1. The Morgan fingerprint density at radius 3 is 2.60 bits per heavy atom. The van der Waals surface area contributed by atoms with Gasteiger partial charge in [0, 0.05) is 5.57 Å². The predicted molar refractivity (Wildman–Crippen MR) is 50.2 cm³/mol. The van der Waals surface area contributed by atoms with Gasteiger partial charge in [0.2, 0.25) is 0 Å². The lowest BCUT2D eigenvalue weighted by atomic mass is 9.85. The first kappa shape index (κ1) is 9.83. The van der Waals surface area contributed by atoms with E-state index in [1.54, 1.807) is 13.8 Å². The van der Waals surface area contributed by atoms with Gasteiger partial charge in [-0.15, -0.1) is 0 Å². The van der Waals surface area contributed by atoms with Crippen LogP contribution < -0.4 is 0 Å². The smallest absolute Gasteiger partial charge is 0.342 e. The van der Waals surface area contributed by atoms with Crippen molar-refractivity contribution in [1.29, 1.82) is 0 Å². The van der Waals surface area contributed by atoms with Gasteiger partial charge in [-0.05, 0) is 26.0 Å². The van der Waals surface area contributed by atoms with E-state index in [9.17, 15) is 14.0 Å². The zero-order valence-corrected chi connectivity index (χ0v) is 8.33. The molecule has 0 saturated carbocycles. The summed E-state index contributed by atoms with van der Waals surface area (Å²) in [5, 5.41) is 0. The van der Waals surface area contributed by atoms with E-state index >= 15 is 0 Å². The fourth-order valence-corrected chi connectivity index (χ4v) is 1.81. The van der Waals surface area contributed by atoms with E-state index in [1.165, 1.54) is 12.2 Å². The van der Waals surface area contributed by atoms with Crippen molar-refractivity contribution in [2.24, 2.45) is 5.92 Å². The molecule has 0 aromatic heterocycles. The zero-order valence-electron chi connectivity index (χ0n) is 8.33. The van der Waals surface area contributed by atoms with Gasteiger partial charge in [-0.25, -0.2) is 9.18 Å². The third kappa shape index (κ3) is 1.33. The minimum Gasteiger partial charge on any atom is -0.389 e. The van der Waals surface area contributed by atoms with E-state index in [1.807, 2.05) is 0 Å². The number of hydrogen-bond acceptors (Lipinski definition) is 3. The van der Waals surface area contributed by atoms with Crippen LogP contribution in [0, 0.1) is 5.92 Å². The molecule has 0 bridgehead atoms. The van der Waals surface area contributed by atoms with Gasteiger partial charge in [-0.1, -0.05) is 5.57 Å². The fourth-order valence-electron chi connectivity index (χ4n) is 1.81. The molecule has 1 saturated heterocycles. The Balaban J connectivity index is 2.60. The summed E-state index contributed by atoms with van der Waals surface area (Å²) in [5.74, 6) is -2.71. The Labute approximate surface area is 85.9 Å². The highest BCUT2D eigenvalue weighted by Crippen LogP contribution is 2.38. The van der Waals surface area contributed by atoms with Crippen LogP contribution >= 0.6 is 0 Å². The number of rotatable bonds is 0. The molecule has 1 aliphatic heterocycles. The third-order valence-corrected chi connectivity index (χ3v) is 2.47. The van der Waals surface area contributed by atoms with Gasteiger partial charge in [0.05, 0.1) is 5.57 Å². The average Bonchev–Trinajstić information content (AvgIpc) is 2.41. The lowest BCUT2D eigenvalue weighted by Crippen LogP contribution is -2.16. The molecule has 0 aromatic rings. The SMILES string of the molecule is CC(C)=C1C(F)=CC=C2C(=O)OC(=O)C21. The van der Waals surface area contributed by atoms with E-state index in [4.69, 9.17) is 0 Å². The van der Waals surface area contributed by atoms with Crippen molar-refractivity contribution in [3.8, 4) is 0 Å². The molecule has 15 heavy (non-hydrogen) atoms. The molecule has 78 valence electrons. The van der Waals surface area contributed by atoms with Crippen molar-refractivity contribution in [3.05, 3.63) is 34.7 Å². The summed E-state index contributed by atoms with van der Waals surface area (Å²) < 4.78 is 17.9. The molecular formula is C11H9FO3. The monoisotopic (exact) mass is 208 g/mol. The lowest BCUT2D eigenvalue weighted by Gasteiger charge is -2.15. The minimum absolute atomic E-state index is 0.220. The number of hydrogen-bond donors (Lipinski definition) is 0. The molecule has 0 N–H and O–H groups in total. The maximum Gasteiger partial charge on any atom is 0.342 e. The largest absolute Gasteiger partial charge is 0.389 e. The molecule has 1 aliphatic carbocycles. The normalized spacial score (nSPS) is 24.5. The Hall–Kier alpha value is -1.71. The Kier molecular flexibility index (Phi) is 2.07. The van der Waals surface area contributed by atoms with Gasteiger partial charge >= 0.3 is 11.9 Å². The number of esters is 2. The molecule has 3 nitrogen and oxygen atoms in total. The van der Waals surface area contributed by atoms with Crippen LogP contribution in [-0.4, -0.2) is 11.9 Å². The van der Waals surface area contributed by atoms with Gasteiger partial charge in [-0.3, -0.25) is 4.79 Å². The molecule has 2 rings (SSSR count). The molecule has 0 aromatic carbocycles. The molecule has 1 unspecified atom stereocenters. The van der Waals surface area contributed by atoms with Crippen molar-refractivity contribution in [3.63, 3.8) is 0 Å². The number of allylic oxidation sites excluding steroid dienone is 4. The van der Waals surface area contributed by atoms with E-state index < -0.39 is 23.7 Å². The average molecular weight is 208 g/mol. The molecule has 0 radical (unpaired) electrons. The first-order chi connectivity index (χ1) is 7.02. The van der Waals surface area contributed by atoms with E-state index in [2.05, 4.69) is 4.74 Å². The highest BCUT2D eigenvalue weighted by molar-refractivity contribution is 6.10. The number of cyclic esters (lactones) is 2. The van der Waals surface area contributed by atoms with Gasteiger partial charge in [0.25, 0.3) is 0 Å². The minimum atomic E-state index is -0.868. The number of carbonyl (C=O) groups excluding carboxylic acids is 2. The van der Waals surface area contributed by atoms with Crippen molar-refractivity contribution >= 4 is 11.9 Å². The van der Waals surface area contributed by atoms with Gasteiger partial charge in [0.1, 0.15) is 11.7 Å². The zero-order chi connectivity index (χ0) is 11.2. The van der Waals surface area contributed by atoms with Crippen LogP contribution in [0.2, 0.25) is 0 Å². The quantitative estimate of drug-likeness (QED) is 0.450. The van der Waals surface area contributed by atoms with E-state index in [0.717, 1.165) is 0 Å². The molecule has 0 spiro atoms. The standard InChI is InChI=1S/C11H9FO3/c1-5(2)8-7(12)4-3-6-9(8)11(14)15-10(6)13/h3-4,9H,1-2H3. The van der Waals surface area contributed by atoms with Crippen LogP contribution in [0.15, 0.2) is 34.7 Å². The third-order valence-electron chi connectivity index (χ3n) is 2.47. The second kappa shape index (κ2) is 3.15. The summed E-state index contributed by atoms with van der Waals surface area (Å²) in [6.45, 7) is 3.39. The molecule has 1 heterocycles. The first-order valence-corrected chi connectivity index (χ1v) is 4.53. The maximum atomic E-state index is 13.5. The summed E-state index contributed by atoms with van der Waals surface area (Å²) in [7, 11) is 0. The molecule has 0 amide bonds. The summed E-state index contributed by atoms with van der Waals surface area (Å²) >= 11 is 0. The second-order valence-corrected chi connectivity index (χ2v) is 3.69. The lowest BCUT2D eigenvalue weighted by molar-refractivity contribution is -0.152. The van der Waals surface area contributed by atoms with Gasteiger partial charge < -0.3 is 4.74 Å². The number of ether oxygens (including phenoxy) is 1. The summed E-state index contributed by atoms with van der Waals surface area (Å²) in [6.07, 6.45) is 2.49. The highest BCUT2D eigenvalue weighted by atomic mass is 19.1. The van der Waals surface area contributed by atoms with Gasteiger partial charge in [0.15, 0.2) is 0 Å². The molecule has 4 heteroatoms. The van der Waals surface area contributed by atoms with E-state index in [0.29, 0.717) is 5.57 Å². The van der Waals surface area contributed by atoms with E-state index in [-0.39, 0.29) is 11.1 Å². The van der Waals surface area contributed by atoms with Gasteiger partial charge in [-0.2, -0.15) is 0 Å². The van der Waals surface area contributed by atoms with Crippen molar-refractivity contribution < 1.29 is 18.7 Å². The fraction of sp³-hybridized carbons (Fsp3) is 0.273. The van der Waals surface area contributed by atoms with Crippen molar-refractivity contribution in [1.82, 2.24) is 0 Å². The highest BCUT2D eigenvalue weighted by Gasteiger charge is 2.44. The Bertz CT molecular complexity index is 450. The first-order valence-electron chi connectivity index (χ1n) is 4.53.